The molecule has 5 rings (SSSR count). The lowest BCUT2D eigenvalue weighted by molar-refractivity contribution is -0.118. The van der Waals surface area contributed by atoms with Gasteiger partial charge in [-0.3, -0.25) is 14.4 Å². The fraction of sp³-hybridized carbons (Fsp3) is 0.310. The van der Waals surface area contributed by atoms with Crippen LogP contribution < -0.4 is 15.5 Å². The number of piperidine rings is 1. The van der Waals surface area contributed by atoms with E-state index in [0.29, 0.717) is 34.0 Å². The standard InChI is InChI=1S/C29H31N5O3S/c1-32(29(37)20-8-4-2-5-9-20)21-10-11-23-22(18-21)31-27(34(23)17-14-26(30)36)19-24(35)25-12-13-28(38-25)33-15-6-3-7-16-33/h2,4-5,8-13,18H,3,6-7,14-17,19H2,1H3,(H2,30,36). The molecule has 2 amide bonds. The number of primary amides is 1. The molecule has 2 N–H and O–H groups in total. The van der Waals surface area contributed by atoms with Gasteiger partial charge in [-0.05, 0) is 61.7 Å². The quantitative estimate of drug-likeness (QED) is 0.318. The number of Topliss-reactive ketones (excluding diaryl/α,β-unsaturated/α-hetero) is 1. The van der Waals surface area contributed by atoms with Gasteiger partial charge in [0.25, 0.3) is 5.91 Å². The topological polar surface area (TPSA) is 102 Å². The molecule has 1 aliphatic rings. The van der Waals surface area contributed by atoms with E-state index in [0.717, 1.165) is 23.6 Å². The number of aromatic nitrogens is 2. The number of aryl methyl sites for hydroxylation is 1. The van der Waals surface area contributed by atoms with Gasteiger partial charge in [0.1, 0.15) is 5.82 Å². The molecule has 0 aliphatic carbocycles. The average molecular weight is 530 g/mol. The number of amides is 2. The zero-order valence-electron chi connectivity index (χ0n) is 21.4. The van der Waals surface area contributed by atoms with Crippen molar-refractivity contribution < 1.29 is 14.4 Å². The minimum Gasteiger partial charge on any atom is -0.370 e. The molecule has 1 saturated heterocycles. The van der Waals surface area contributed by atoms with Crippen molar-refractivity contribution in [2.45, 2.75) is 38.6 Å². The third kappa shape index (κ3) is 5.47. The Morgan fingerprint density at radius 2 is 1.76 bits per heavy atom. The number of thiophene rings is 1. The molecule has 2 aromatic carbocycles. The summed E-state index contributed by atoms with van der Waals surface area (Å²) in [6, 6.07) is 18.6. The highest BCUT2D eigenvalue weighted by Gasteiger charge is 2.21. The molecule has 1 fully saturated rings. The summed E-state index contributed by atoms with van der Waals surface area (Å²) in [6.07, 6.45) is 3.87. The summed E-state index contributed by atoms with van der Waals surface area (Å²) >= 11 is 1.53. The van der Waals surface area contributed by atoms with Crippen LogP contribution in [0.25, 0.3) is 11.0 Å². The molecule has 4 aromatic rings. The molecule has 0 unspecified atom stereocenters. The van der Waals surface area contributed by atoms with E-state index in [2.05, 4.69) is 4.90 Å². The van der Waals surface area contributed by atoms with Crippen LogP contribution >= 0.6 is 11.3 Å². The molecular formula is C29H31N5O3S. The van der Waals surface area contributed by atoms with Crippen molar-refractivity contribution in [2.75, 3.05) is 29.9 Å². The van der Waals surface area contributed by atoms with Crippen molar-refractivity contribution in [3.05, 3.63) is 76.9 Å². The van der Waals surface area contributed by atoms with Gasteiger partial charge in [-0.25, -0.2) is 4.98 Å². The maximum Gasteiger partial charge on any atom is 0.258 e. The van der Waals surface area contributed by atoms with Crippen molar-refractivity contribution in [3.8, 4) is 0 Å². The number of ketones is 1. The van der Waals surface area contributed by atoms with Crippen molar-refractivity contribution in [1.82, 2.24) is 9.55 Å². The average Bonchev–Trinajstić information content (AvgIpc) is 3.57. The fourth-order valence-corrected chi connectivity index (χ4v) is 5.86. The molecule has 0 spiro atoms. The van der Waals surface area contributed by atoms with E-state index in [1.165, 1.54) is 30.6 Å². The third-order valence-electron chi connectivity index (χ3n) is 6.96. The van der Waals surface area contributed by atoms with E-state index in [-0.39, 0.29) is 24.5 Å². The van der Waals surface area contributed by atoms with Gasteiger partial charge in [-0.2, -0.15) is 0 Å². The molecule has 1 aliphatic heterocycles. The Bertz CT molecular complexity index is 1470. The van der Waals surface area contributed by atoms with Crippen LogP contribution in [0.4, 0.5) is 10.7 Å². The number of anilines is 2. The van der Waals surface area contributed by atoms with Crippen molar-refractivity contribution in [2.24, 2.45) is 5.73 Å². The van der Waals surface area contributed by atoms with Crippen LogP contribution in [0.2, 0.25) is 0 Å². The van der Waals surface area contributed by atoms with E-state index >= 15 is 0 Å². The number of nitrogens with zero attached hydrogens (tertiary/aromatic N) is 4. The number of hydrogen-bond donors (Lipinski definition) is 1. The Morgan fingerprint density at radius 3 is 2.50 bits per heavy atom. The van der Waals surface area contributed by atoms with E-state index in [4.69, 9.17) is 10.7 Å². The maximum atomic E-state index is 13.3. The first-order valence-corrected chi connectivity index (χ1v) is 13.7. The second kappa shape index (κ2) is 11.2. The van der Waals surface area contributed by atoms with Crippen LogP contribution in [0.15, 0.2) is 60.7 Å². The number of carbonyl (C=O) groups excluding carboxylic acids is 3. The molecule has 0 saturated carbocycles. The Balaban J connectivity index is 1.41. The molecule has 196 valence electrons. The summed E-state index contributed by atoms with van der Waals surface area (Å²) in [5.74, 6) is 0.0212. The van der Waals surface area contributed by atoms with Crippen LogP contribution in [0.5, 0.6) is 0 Å². The third-order valence-corrected chi connectivity index (χ3v) is 8.15. The summed E-state index contributed by atoms with van der Waals surface area (Å²) in [5, 5.41) is 1.13. The Labute approximate surface area is 225 Å². The predicted octanol–water partition coefficient (Wildman–Crippen LogP) is 4.67. The number of nitrogens with two attached hydrogens (primary N) is 1. The lowest BCUT2D eigenvalue weighted by atomic mass is 10.1. The van der Waals surface area contributed by atoms with Gasteiger partial charge in [0, 0.05) is 44.4 Å². The number of hydrogen-bond acceptors (Lipinski definition) is 6. The summed E-state index contributed by atoms with van der Waals surface area (Å²) in [4.78, 5) is 47.2. The smallest absolute Gasteiger partial charge is 0.258 e. The Kier molecular flexibility index (Phi) is 7.55. The van der Waals surface area contributed by atoms with Crippen LogP contribution in [0.3, 0.4) is 0 Å². The maximum absolute atomic E-state index is 13.3. The molecular weight excluding hydrogens is 498 g/mol. The highest BCUT2D eigenvalue weighted by molar-refractivity contribution is 7.18. The summed E-state index contributed by atoms with van der Waals surface area (Å²) in [6.45, 7) is 2.39. The molecule has 38 heavy (non-hydrogen) atoms. The highest BCUT2D eigenvalue weighted by atomic mass is 32.1. The van der Waals surface area contributed by atoms with Gasteiger partial charge in [-0.15, -0.1) is 11.3 Å². The zero-order chi connectivity index (χ0) is 26.6. The molecule has 2 aromatic heterocycles. The van der Waals surface area contributed by atoms with Crippen LogP contribution in [-0.2, 0) is 17.8 Å². The highest BCUT2D eigenvalue weighted by Crippen LogP contribution is 2.30. The summed E-state index contributed by atoms with van der Waals surface area (Å²) in [7, 11) is 1.72. The molecule has 3 heterocycles. The van der Waals surface area contributed by atoms with Gasteiger partial charge in [0.2, 0.25) is 5.91 Å². The molecule has 0 bridgehead atoms. The zero-order valence-corrected chi connectivity index (χ0v) is 22.2. The Morgan fingerprint density at radius 1 is 1.00 bits per heavy atom. The minimum absolute atomic E-state index is 0.00881. The van der Waals surface area contributed by atoms with E-state index in [9.17, 15) is 14.4 Å². The molecule has 0 atom stereocenters. The van der Waals surface area contributed by atoms with Crippen molar-refractivity contribution >= 4 is 50.7 Å². The van der Waals surface area contributed by atoms with Gasteiger partial charge >= 0.3 is 0 Å². The number of benzene rings is 2. The van der Waals surface area contributed by atoms with Crippen LogP contribution in [0.1, 0.15) is 51.5 Å². The van der Waals surface area contributed by atoms with Crippen molar-refractivity contribution in [1.29, 1.82) is 0 Å². The SMILES string of the molecule is CN(C(=O)c1ccccc1)c1ccc2c(c1)nc(CC(=O)c1ccc(N3CCCCC3)s1)n2CCC(N)=O. The summed E-state index contributed by atoms with van der Waals surface area (Å²) in [5.41, 5.74) is 8.16. The van der Waals surface area contributed by atoms with Gasteiger partial charge in [0.15, 0.2) is 5.78 Å². The first-order valence-electron chi connectivity index (χ1n) is 12.9. The number of imidazole rings is 1. The number of rotatable bonds is 9. The first-order chi connectivity index (χ1) is 18.4. The predicted molar refractivity (Wildman–Crippen MR) is 151 cm³/mol. The minimum atomic E-state index is -0.418. The number of carbonyl (C=O) groups is 3. The van der Waals surface area contributed by atoms with Crippen LogP contribution in [-0.4, -0.2) is 47.3 Å². The van der Waals surface area contributed by atoms with Gasteiger partial charge in [0.05, 0.1) is 27.3 Å². The second-order valence-electron chi connectivity index (χ2n) is 9.58. The number of fused-ring (bicyclic) bond motifs is 1. The Hall–Kier alpha value is -3.98. The molecule has 8 nitrogen and oxygen atoms in total. The normalized spacial score (nSPS) is 13.6. The van der Waals surface area contributed by atoms with E-state index in [1.54, 1.807) is 24.1 Å². The van der Waals surface area contributed by atoms with Gasteiger partial charge in [-0.1, -0.05) is 18.2 Å². The molecule has 0 radical (unpaired) electrons. The largest absolute Gasteiger partial charge is 0.370 e. The first kappa shape index (κ1) is 25.7. The van der Waals surface area contributed by atoms with E-state index in [1.807, 2.05) is 53.1 Å². The van der Waals surface area contributed by atoms with Crippen molar-refractivity contribution in [3.63, 3.8) is 0 Å². The van der Waals surface area contributed by atoms with Gasteiger partial charge < -0.3 is 20.1 Å². The lowest BCUT2D eigenvalue weighted by Gasteiger charge is -2.27. The molecule has 9 heteroatoms. The lowest BCUT2D eigenvalue weighted by Crippen LogP contribution is -2.28. The fourth-order valence-electron chi connectivity index (χ4n) is 4.87. The monoisotopic (exact) mass is 529 g/mol. The summed E-state index contributed by atoms with van der Waals surface area (Å²) < 4.78 is 1.89. The second-order valence-corrected chi connectivity index (χ2v) is 10.6. The van der Waals surface area contributed by atoms with Crippen LogP contribution in [0, 0.1) is 0 Å². The van der Waals surface area contributed by atoms with E-state index < -0.39 is 5.91 Å².